The van der Waals surface area contributed by atoms with Crippen molar-refractivity contribution in [3.63, 3.8) is 0 Å². The van der Waals surface area contributed by atoms with E-state index in [1.54, 1.807) is 56.3 Å². The van der Waals surface area contributed by atoms with Gasteiger partial charge >= 0.3 is 11.9 Å². The number of ether oxygens (including phenoxy) is 3. The molecular weight excluding hydrogens is 435 g/mol. The van der Waals surface area contributed by atoms with Crippen molar-refractivity contribution < 1.29 is 28.2 Å². The average Bonchev–Trinajstić information content (AvgIpc) is 2.82. The van der Waals surface area contributed by atoms with Gasteiger partial charge in [-0.15, -0.1) is 0 Å². The van der Waals surface area contributed by atoms with Crippen molar-refractivity contribution in [1.82, 2.24) is 0 Å². The third kappa shape index (κ3) is 6.42. The highest BCUT2D eigenvalue weighted by Gasteiger charge is 2.10. The number of hydrogen-bond donors (Lipinski definition) is 0. The predicted octanol–water partition coefficient (Wildman–Crippen LogP) is 6.14. The van der Waals surface area contributed by atoms with Gasteiger partial charge in [0.1, 0.15) is 30.5 Å². The Balaban J connectivity index is 1.63. The first-order valence-electron chi connectivity index (χ1n) is 10.6. The van der Waals surface area contributed by atoms with Crippen LogP contribution in [0, 0.1) is 5.82 Å². The second-order valence-corrected chi connectivity index (χ2v) is 7.68. The van der Waals surface area contributed by atoms with Crippen molar-refractivity contribution >= 4 is 11.9 Å². The van der Waals surface area contributed by atoms with E-state index in [2.05, 4.69) is 13.2 Å². The van der Waals surface area contributed by atoms with E-state index in [9.17, 15) is 14.0 Å². The quantitative estimate of drug-likeness (QED) is 0.166. The van der Waals surface area contributed by atoms with E-state index >= 15 is 0 Å². The summed E-state index contributed by atoms with van der Waals surface area (Å²) >= 11 is 0. The lowest BCUT2D eigenvalue weighted by molar-refractivity contribution is -0.139. The summed E-state index contributed by atoms with van der Waals surface area (Å²) in [5.74, 6) is -0.356. The molecule has 3 aromatic rings. The van der Waals surface area contributed by atoms with Gasteiger partial charge in [-0.05, 0) is 60.9 Å². The fourth-order valence-electron chi connectivity index (χ4n) is 2.99. The minimum atomic E-state index is -0.508. The minimum Gasteiger partial charge on any atom is -0.490 e. The number of halogens is 1. The number of carbonyl (C=O) groups excluding carboxylic acids is 2. The fourth-order valence-corrected chi connectivity index (χ4v) is 2.99. The van der Waals surface area contributed by atoms with Crippen LogP contribution in [0.15, 0.2) is 91.0 Å². The molecule has 5 nitrogen and oxygen atoms in total. The maximum atomic E-state index is 14.9. The first-order chi connectivity index (χ1) is 16.2. The highest BCUT2D eigenvalue weighted by Crippen LogP contribution is 2.30. The summed E-state index contributed by atoms with van der Waals surface area (Å²) in [6.45, 7) is 10.5. The Kier molecular flexibility index (Phi) is 7.98. The number of rotatable bonds is 9. The first kappa shape index (κ1) is 24.5. The molecule has 0 aromatic heterocycles. The molecule has 0 aliphatic heterocycles. The molecule has 0 fully saturated rings. The molecule has 6 heteroatoms. The lowest BCUT2D eigenvalue weighted by atomic mass is 9.99. The highest BCUT2D eigenvalue weighted by molar-refractivity contribution is 5.89. The maximum absolute atomic E-state index is 14.9. The topological polar surface area (TPSA) is 61.8 Å². The monoisotopic (exact) mass is 460 g/mol. The summed E-state index contributed by atoms with van der Waals surface area (Å²) in [4.78, 5) is 23.0. The van der Waals surface area contributed by atoms with Gasteiger partial charge in [-0.25, -0.2) is 14.0 Å². The molecule has 0 aliphatic rings. The Labute approximate surface area is 198 Å². The van der Waals surface area contributed by atoms with Gasteiger partial charge in [-0.1, -0.05) is 49.6 Å². The molecule has 0 bridgehead atoms. The van der Waals surface area contributed by atoms with Crippen LogP contribution in [0.2, 0.25) is 0 Å². The molecule has 3 rings (SSSR count). The summed E-state index contributed by atoms with van der Waals surface area (Å²) in [6, 6.07) is 18.8. The van der Waals surface area contributed by atoms with Crippen molar-refractivity contribution in [1.29, 1.82) is 0 Å². The number of esters is 2. The molecule has 0 saturated heterocycles. The molecular formula is C28H25FO5. The van der Waals surface area contributed by atoms with Crippen molar-refractivity contribution in [2.45, 2.75) is 13.8 Å². The second kappa shape index (κ2) is 11.1. The molecule has 3 aromatic carbocycles. The van der Waals surface area contributed by atoms with Gasteiger partial charge in [0.25, 0.3) is 0 Å². The molecule has 0 heterocycles. The van der Waals surface area contributed by atoms with Crippen molar-refractivity contribution in [3.8, 4) is 33.8 Å². The van der Waals surface area contributed by atoms with Crippen LogP contribution in [0.4, 0.5) is 4.39 Å². The molecule has 0 N–H and O–H groups in total. The molecule has 0 amide bonds. The summed E-state index contributed by atoms with van der Waals surface area (Å²) in [5, 5.41) is 0. The second-order valence-electron chi connectivity index (χ2n) is 7.68. The molecule has 174 valence electrons. The maximum Gasteiger partial charge on any atom is 0.338 e. The third-order valence-electron chi connectivity index (χ3n) is 4.81. The zero-order valence-electron chi connectivity index (χ0n) is 19.1. The van der Waals surface area contributed by atoms with Gasteiger partial charge in [-0.3, -0.25) is 0 Å². The predicted molar refractivity (Wildman–Crippen MR) is 129 cm³/mol. The molecule has 0 aliphatic carbocycles. The van der Waals surface area contributed by atoms with Gasteiger partial charge in [-0.2, -0.15) is 0 Å². The first-order valence-corrected chi connectivity index (χ1v) is 10.6. The van der Waals surface area contributed by atoms with E-state index in [0.29, 0.717) is 33.8 Å². The lowest BCUT2D eigenvalue weighted by Gasteiger charge is -2.10. The van der Waals surface area contributed by atoms with Crippen LogP contribution in [-0.2, 0) is 14.3 Å². The number of hydrogen-bond acceptors (Lipinski definition) is 5. The molecule has 0 spiro atoms. The van der Waals surface area contributed by atoms with Gasteiger partial charge in [0, 0.05) is 16.7 Å². The summed E-state index contributed by atoms with van der Waals surface area (Å²) in [6.07, 6.45) is 0. The van der Waals surface area contributed by atoms with Crippen LogP contribution in [0.1, 0.15) is 13.8 Å². The van der Waals surface area contributed by atoms with E-state index in [4.69, 9.17) is 14.2 Å². The summed E-state index contributed by atoms with van der Waals surface area (Å²) in [5.41, 5.74) is 3.28. The van der Waals surface area contributed by atoms with Gasteiger partial charge in [0.15, 0.2) is 0 Å². The largest absolute Gasteiger partial charge is 0.490 e. The zero-order valence-corrected chi connectivity index (χ0v) is 19.1. The van der Waals surface area contributed by atoms with Crippen LogP contribution < -0.4 is 9.47 Å². The van der Waals surface area contributed by atoms with Gasteiger partial charge in [0.05, 0.1) is 0 Å². The van der Waals surface area contributed by atoms with E-state index in [-0.39, 0.29) is 19.0 Å². The average molecular weight is 461 g/mol. The Morgan fingerprint density at radius 1 is 0.735 bits per heavy atom. The smallest absolute Gasteiger partial charge is 0.338 e. The minimum absolute atomic E-state index is 0.122. The van der Waals surface area contributed by atoms with Crippen molar-refractivity contribution in [3.05, 3.63) is 96.9 Å². The van der Waals surface area contributed by atoms with Crippen molar-refractivity contribution in [2.24, 2.45) is 0 Å². The highest BCUT2D eigenvalue weighted by atomic mass is 19.1. The molecule has 0 saturated carbocycles. The van der Waals surface area contributed by atoms with Crippen LogP contribution in [-0.4, -0.2) is 25.2 Å². The van der Waals surface area contributed by atoms with Gasteiger partial charge in [0.2, 0.25) is 0 Å². The van der Waals surface area contributed by atoms with E-state index in [1.165, 1.54) is 6.07 Å². The molecule has 0 radical (unpaired) electrons. The Hall–Kier alpha value is -4.19. The van der Waals surface area contributed by atoms with Crippen LogP contribution in [0.5, 0.6) is 11.5 Å². The van der Waals surface area contributed by atoms with Crippen LogP contribution in [0.3, 0.4) is 0 Å². The van der Waals surface area contributed by atoms with Gasteiger partial charge < -0.3 is 14.2 Å². The standard InChI is InChI=1S/C28H25FO5/c1-18(2)27(30)33-16-15-32-23-10-5-20(6-11-23)22-9-14-25(26(29)17-22)21-7-12-24(13-8-21)34-28(31)19(3)4/h5-14,17H,1,3,15-16H2,2,4H3. The third-order valence-corrected chi connectivity index (χ3v) is 4.81. The van der Waals surface area contributed by atoms with E-state index < -0.39 is 11.9 Å². The zero-order chi connectivity index (χ0) is 24.7. The van der Waals surface area contributed by atoms with Crippen molar-refractivity contribution in [2.75, 3.05) is 13.2 Å². The lowest BCUT2D eigenvalue weighted by Crippen LogP contribution is -2.12. The van der Waals surface area contributed by atoms with Crippen LogP contribution >= 0.6 is 0 Å². The Morgan fingerprint density at radius 2 is 1.29 bits per heavy atom. The molecule has 0 atom stereocenters. The molecule has 34 heavy (non-hydrogen) atoms. The SMILES string of the molecule is C=C(C)C(=O)OCCOc1ccc(-c2ccc(-c3ccc(OC(=O)C(=C)C)cc3)c(F)c2)cc1. The number of carbonyl (C=O) groups is 2. The van der Waals surface area contributed by atoms with E-state index in [0.717, 1.165) is 11.1 Å². The normalized spacial score (nSPS) is 10.3. The van der Waals surface area contributed by atoms with Crippen LogP contribution in [0.25, 0.3) is 22.3 Å². The number of benzene rings is 3. The fraction of sp³-hybridized carbons (Fsp3) is 0.143. The molecule has 0 unspecified atom stereocenters. The summed E-state index contributed by atoms with van der Waals surface area (Å²) in [7, 11) is 0. The van der Waals surface area contributed by atoms with E-state index in [1.807, 2.05) is 18.2 Å². The summed E-state index contributed by atoms with van der Waals surface area (Å²) < 4.78 is 30.6. The Morgan fingerprint density at radius 3 is 1.88 bits per heavy atom. The Bertz CT molecular complexity index is 1210.